The van der Waals surface area contributed by atoms with Crippen LogP contribution in [-0.4, -0.2) is 26.7 Å². The Bertz CT molecular complexity index is 1100. The number of nitrogens with zero attached hydrogens (tertiary/aromatic N) is 4. The van der Waals surface area contributed by atoms with Gasteiger partial charge in [-0.2, -0.15) is 4.98 Å². The van der Waals surface area contributed by atoms with E-state index in [0.717, 1.165) is 11.3 Å². The molecule has 146 valence electrons. The number of anilines is 1. The molecule has 4 aromatic rings. The van der Waals surface area contributed by atoms with Crippen LogP contribution in [0.15, 0.2) is 65.6 Å². The molecule has 0 unspecified atom stereocenters. The molecule has 0 aliphatic rings. The highest BCUT2D eigenvalue weighted by Crippen LogP contribution is 2.27. The van der Waals surface area contributed by atoms with Crippen molar-refractivity contribution in [1.29, 1.82) is 0 Å². The predicted molar refractivity (Wildman–Crippen MR) is 106 cm³/mol. The van der Waals surface area contributed by atoms with Crippen molar-refractivity contribution in [3.8, 4) is 28.6 Å². The third kappa shape index (κ3) is 4.37. The molecule has 0 saturated heterocycles. The number of hydrogen-bond donors (Lipinski definition) is 1. The van der Waals surface area contributed by atoms with Crippen molar-refractivity contribution in [3.05, 3.63) is 72.4 Å². The van der Waals surface area contributed by atoms with E-state index in [1.165, 1.54) is 18.5 Å². The molecule has 2 heterocycles. The highest BCUT2D eigenvalue weighted by atomic mass is 19.1. The van der Waals surface area contributed by atoms with Gasteiger partial charge >= 0.3 is 0 Å². The topological polar surface area (TPSA) is 86.0 Å². The van der Waals surface area contributed by atoms with Crippen LogP contribution in [0, 0.1) is 5.82 Å². The number of rotatable bonds is 7. The summed E-state index contributed by atoms with van der Waals surface area (Å²) in [5.74, 6) is 1.69. The van der Waals surface area contributed by atoms with E-state index in [2.05, 4.69) is 25.4 Å². The van der Waals surface area contributed by atoms with Crippen LogP contribution >= 0.6 is 0 Å². The maximum atomic E-state index is 13.1. The summed E-state index contributed by atoms with van der Waals surface area (Å²) in [5.41, 5.74) is 2.27. The average Bonchev–Trinajstić information content (AvgIpc) is 3.24. The van der Waals surface area contributed by atoms with Gasteiger partial charge in [0.05, 0.1) is 6.61 Å². The molecule has 2 aromatic carbocycles. The molecule has 0 radical (unpaired) electrons. The maximum Gasteiger partial charge on any atom is 0.263 e. The Hall–Kier alpha value is -3.81. The summed E-state index contributed by atoms with van der Waals surface area (Å²) < 4.78 is 24.0. The van der Waals surface area contributed by atoms with Crippen LogP contribution in [0.5, 0.6) is 5.75 Å². The third-order valence-electron chi connectivity index (χ3n) is 4.14. The SMILES string of the molecule is CCOc1cccc(CNc2ncncc2-c2nc(-c3ccc(F)cc3)no2)c1. The van der Waals surface area contributed by atoms with Crippen molar-refractivity contribution >= 4 is 5.82 Å². The lowest BCUT2D eigenvalue weighted by Crippen LogP contribution is -2.04. The molecule has 0 saturated carbocycles. The van der Waals surface area contributed by atoms with Gasteiger partial charge in [0.15, 0.2) is 0 Å². The largest absolute Gasteiger partial charge is 0.494 e. The van der Waals surface area contributed by atoms with Crippen LogP contribution in [0.2, 0.25) is 0 Å². The minimum Gasteiger partial charge on any atom is -0.494 e. The number of nitrogens with one attached hydrogen (secondary N) is 1. The maximum absolute atomic E-state index is 13.1. The fraction of sp³-hybridized carbons (Fsp3) is 0.143. The first-order valence-electron chi connectivity index (χ1n) is 9.08. The summed E-state index contributed by atoms with van der Waals surface area (Å²) in [5, 5.41) is 7.25. The van der Waals surface area contributed by atoms with E-state index in [0.29, 0.717) is 35.9 Å². The van der Waals surface area contributed by atoms with Gasteiger partial charge in [-0.1, -0.05) is 17.3 Å². The van der Waals surface area contributed by atoms with Crippen molar-refractivity contribution in [3.63, 3.8) is 0 Å². The number of ether oxygens (including phenoxy) is 1. The van der Waals surface area contributed by atoms with Gasteiger partial charge in [0.1, 0.15) is 29.3 Å². The normalized spacial score (nSPS) is 10.7. The molecule has 0 fully saturated rings. The van der Waals surface area contributed by atoms with Crippen molar-refractivity contribution in [2.75, 3.05) is 11.9 Å². The van der Waals surface area contributed by atoms with Gasteiger partial charge < -0.3 is 14.6 Å². The lowest BCUT2D eigenvalue weighted by Gasteiger charge is -2.09. The Balaban J connectivity index is 1.54. The quantitative estimate of drug-likeness (QED) is 0.501. The van der Waals surface area contributed by atoms with Gasteiger partial charge in [-0.25, -0.2) is 14.4 Å². The van der Waals surface area contributed by atoms with Gasteiger partial charge in [-0.15, -0.1) is 0 Å². The van der Waals surface area contributed by atoms with Gasteiger partial charge in [0, 0.05) is 18.3 Å². The second-order valence-corrected chi connectivity index (χ2v) is 6.15. The van der Waals surface area contributed by atoms with Crippen molar-refractivity contribution in [2.45, 2.75) is 13.5 Å². The summed E-state index contributed by atoms with van der Waals surface area (Å²) in [6, 6.07) is 13.7. The molecular formula is C21H18FN5O2. The standard InChI is InChI=1S/C21H18FN5O2/c1-2-28-17-5-3-4-14(10-17)11-24-20-18(12-23-13-25-20)21-26-19(27-29-21)15-6-8-16(22)9-7-15/h3-10,12-13H,2,11H2,1H3,(H,23,24,25). The van der Waals surface area contributed by atoms with Gasteiger partial charge in [-0.05, 0) is 48.9 Å². The fourth-order valence-corrected chi connectivity index (χ4v) is 2.77. The molecule has 8 heteroatoms. The van der Waals surface area contributed by atoms with Crippen LogP contribution in [0.4, 0.5) is 10.2 Å². The summed E-state index contributed by atoms with van der Waals surface area (Å²) in [4.78, 5) is 12.7. The summed E-state index contributed by atoms with van der Waals surface area (Å²) in [7, 11) is 0. The molecule has 0 spiro atoms. The van der Waals surface area contributed by atoms with E-state index in [-0.39, 0.29) is 11.7 Å². The fourth-order valence-electron chi connectivity index (χ4n) is 2.77. The molecule has 1 N–H and O–H groups in total. The Morgan fingerprint density at radius 3 is 2.83 bits per heavy atom. The summed E-state index contributed by atoms with van der Waals surface area (Å²) in [6.07, 6.45) is 3.05. The molecule has 7 nitrogen and oxygen atoms in total. The highest BCUT2D eigenvalue weighted by Gasteiger charge is 2.15. The van der Waals surface area contributed by atoms with E-state index in [1.54, 1.807) is 18.3 Å². The molecule has 29 heavy (non-hydrogen) atoms. The number of halogens is 1. The number of benzene rings is 2. The average molecular weight is 391 g/mol. The summed E-state index contributed by atoms with van der Waals surface area (Å²) in [6.45, 7) is 3.09. The molecule has 0 amide bonds. The second-order valence-electron chi connectivity index (χ2n) is 6.15. The second kappa shape index (κ2) is 8.47. The zero-order chi connectivity index (χ0) is 20.1. The van der Waals surface area contributed by atoms with Crippen LogP contribution in [-0.2, 0) is 6.54 Å². The van der Waals surface area contributed by atoms with Crippen LogP contribution < -0.4 is 10.1 Å². The first kappa shape index (κ1) is 18.5. The van der Waals surface area contributed by atoms with E-state index in [1.807, 2.05) is 31.2 Å². The molecule has 0 bridgehead atoms. The van der Waals surface area contributed by atoms with Crippen molar-refractivity contribution < 1.29 is 13.7 Å². The lowest BCUT2D eigenvalue weighted by atomic mass is 10.2. The Morgan fingerprint density at radius 2 is 2.00 bits per heavy atom. The van der Waals surface area contributed by atoms with E-state index < -0.39 is 0 Å². The Morgan fingerprint density at radius 1 is 1.14 bits per heavy atom. The highest BCUT2D eigenvalue weighted by molar-refractivity contribution is 5.69. The first-order valence-corrected chi connectivity index (χ1v) is 9.08. The smallest absolute Gasteiger partial charge is 0.263 e. The predicted octanol–water partition coefficient (Wildman–Crippen LogP) is 4.34. The molecular weight excluding hydrogens is 373 g/mol. The summed E-state index contributed by atoms with van der Waals surface area (Å²) >= 11 is 0. The monoisotopic (exact) mass is 391 g/mol. The van der Waals surface area contributed by atoms with Gasteiger partial charge in [-0.3, -0.25) is 0 Å². The minimum absolute atomic E-state index is 0.274. The molecule has 2 aromatic heterocycles. The molecule has 0 aliphatic carbocycles. The Labute approximate surface area is 166 Å². The van der Waals surface area contributed by atoms with Crippen LogP contribution in [0.25, 0.3) is 22.8 Å². The van der Waals surface area contributed by atoms with Crippen LogP contribution in [0.3, 0.4) is 0 Å². The number of hydrogen-bond acceptors (Lipinski definition) is 7. The van der Waals surface area contributed by atoms with Gasteiger partial charge in [0.2, 0.25) is 5.82 Å². The van der Waals surface area contributed by atoms with Crippen molar-refractivity contribution in [1.82, 2.24) is 20.1 Å². The van der Waals surface area contributed by atoms with Crippen molar-refractivity contribution in [2.24, 2.45) is 0 Å². The van der Waals surface area contributed by atoms with E-state index in [4.69, 9.17) is 9.26 Å². The third-order valence-corrected chi connectivity index (χ3v) is 4.14. The minimum atomic E-state index is -0.325. The number of aromatic nitrogens is 4. The molecule has 0 aliphatic heterocycles. The van der Waals surface area contributed by atoms with E-state index in [9.17, 15) is 4.39 Å². The molecule has 0 atom stereocenters. The zero-order valence-electron chi connectivity index (χ0n) is 15.7. The zero-order valence-corrected chi connectivity index (χ0v) is 15.7. The first-order chi connectivity index (χ1) is 14.2. The Kier molecular flexibility index (Phi) is 5.42. The van der Waals surface area contributed by atoms with E-state index >= 15 is 0 Å². The van der Waals surface area contributed by atoms with Crippen LogP contribution in [0.1, 0.15) is 12.5 Å². The van der Waals surface area contributed by atoms with Gasteiger partial charge in [0.25, 0.3) is 5.89 Å². The molecule has 4 rings (SSSR count). The lowest BCUT2D eigenvalue weighted by molar-refractivity contribution is 0.340.